The van der Waals surface area contributed by atoms with E-state index in [4.69, 9.17) is 4.42 Å². The van der Waals surface area contributed by atoms with Gasteiger partial charge >= 0.3 is 0 Å². The molecule has 0 spiro atoms. The van der Waals surface area contributed by atoms with Gasteiger partial charge in [0.25, 0.3) is 0 Å². The predicted octanol–water partition coefficient (Wildman–Crippen LogP) is 1.99. The Morgan fingerprint density at radius 2 is 2.58 bits per heavy atom. The molecule has 3 heteroatoms. The highest BCUT2D eigenvalue weighted by atomic mass is 32.2. The van der Waals surface area contributed by atoms with Gasteiger partial charge in [-0.05, 0) is 18.6 Å². The lowest BCUT2D eigenvalue weighted by molar-refractivity contribution is 0.0380. The van der Waals surface area contributed by atoms with Gasteiger partial charge in [0.1, 0.15) is 11.4 Å². The molecule has 0 amide bonds. The Labute approximate surface area is 76.0 Å². The van der Waals surface area contributed by atoms with Gasteiger partial charge in [0.15, 0.2) is 0 Å². The van der Waals surface area contributed by atoms with Crippen molar-refractivity contribution in [2.24, 2.45) is 0 Å². The van der Waals surface area contributed by atoms with Crippen LogP contribution in [0.4, 0.5) is 0 Å². The van der Waals surface area contributed by atoms with E-state index in [0.717, 1.165) is 12.2 Å². The molecule has 2 heterocycles. The molecule has 1 aliphatic heterocycles. The average molecular weight is 184 g/mol. The van der Waals surface area contributed by atoms with Crippen molar-refractivity contribution >= 4 is 11.8 Å². The van der Waals surface area contributed by atoms with Gasteiger partial charge in [0, 0.05) is 11.0 Å². The van der Waals surface area contributed by atoms with Gasteiger partial charge in [-0.2, -0.15) is 11.8 Å². The van der Waals surface area contributed by atoms with Gasteiger partial charge in [0.2, 0.25) is 0 Å². The maximum Gasteiger partial charge on any atom is 0.136 e. The molecule has 66 valence electrons. The van der Waals surface area contributed by atoms with Crippen LogP contribution >= 0.6 is 11.8 Å². The Bertz CT molecular complexity index is 258. The lowest BCUT2D eigenvalue weighted by Gasteiger charge is -2.17. The van der Waals surface area contributed by atoms with Crippen LogP contribution in [0.15, 0.2) is 22.8 Å². The first-order valence-corrected chi connectivity index (χ1v) is 5.13. The number of aliphatic hydroxyl groups is 1. The molecule has 0 aromatic carbocycles. The van der Waals surface area contributed by atoms with Crippen LogP contribution in [0.1, 0.15) is 19.1 Å². The van der Waals surface area contributed by atoms with Crippen LogP contribution < -0.4 is 0 Å². The molecule has 1 saturated heterocycles. The Balaban J connectivity index is 2.23. The van der Waals surface area contributed by atoms with Crippen LogP contribution in [0.3, 0.4) is 0 Å². The van der Waals surface area contributed by atoms with Crippen LogP contribution in [-0.4, -0.2) is 16.1 Å². The summed E-state index contributed by atoms with van der Waals surface area (Å²) in [6.45, 7) is 2.13. The van der Waals surface area contributed by atoms with Crippen molar-refractivity contribution in [3.63, 3.8) is 0 Å². The molecule has 0 saturated carbocycles. The molecule has 2 atom stereocenters. The van der Waals surface area contributed by atoms with Crippen LogP contribution in [-0.2, 0) is 5.60 Å². The monoisotopic (exact) mass is 184 g/mol. The van der Waals surface area contributed by atoms with Crippen molar-refractivity contribution < 1.29 is 9.52 Å². The first kappa shape index (κ1) is 8.20. The molecule has 2 unspecified atom stereocenters. The van der Waals surface area contributed by atoms with Crippen molar-refractivity contribution in [1.82, 2.24) is 0 Å². The molecule has 1 aromatic rings. The number of thioether (sulfide) groups is 1. The Hall–Kier alpha value is -0.410. The summed E-state index contributed by atoms with van der Waals surface area (Å²) in [6, 6.07) is 3.67. The molecule has 0 bridgehead atoms. The predicted molar refractivity (Wildman–Crippen MR) is 49.1 cm³/mol. The molecule has 12 heavy (non-hydrogen) atoms. The topological polar surface area (TPSA) is 33.4 Å². The standard InChI is InChI=1S/C9H12O2S/c1-7-5-9(10,6-12-7)8-3-2-4-11-8/h2-4,7,10H,5-6H2,1H3. The summed E-state index contributed by atoms with van der Waals surface area (Å²) in [6.07, 6.45) is 2.41. The summed E-state index contributed by atoms with van der Waals surface area (Å²) in [4.78, 5) is 0. The smallest absolute Gasteiger partial charge is 0.136 e. The first-order chi connectivity index (χ1) is 5.71. The Morgan fingerprint density at radius 1 is 1.75 bits per heavy atom. The molecule has 2 rings (SSSR count). The fourth-order valence-electron chi connectivity index (χ4n) is 1.59. The number of rotatable bonds is 1. The van der Waals surface area contributed by atoms with E-state index in [-0.39, 0.29) is 0 Å². The number of furan rings is 1. The lowest BCUT2D eigenvalue weighted by atomic mass is 9.98. The molecular weight excluding hydrogens is 172 g/mol. The number of hydrogen-bond donors (Lipinski definition) is 1. The van der Waals surface area contributed by atoms with Crippen molar-refractivity contribution in [2.75, 3.05) is 5.75 Å². The lowest BCUT2D eigenvalue weighted by Crippen LogP contribution is -2.24. The molecule has 1 fully saturated rings. The highest BCUT2D eigenvalue weighted by molar-refractivity contribution is 8.00. The minimum Gasteiger partial charge on any atom is -0.466 e. The van der Waals surface area contributed by atoms with Crippen molar-refractivity contribution in [2.45, 2.75) is 24.2 Å². The van der Waals surface area contributed by atoms with Gasteiger partial charge in [0.05, 0.1) is 6.26 Å². The largest absolute Gasteiger partial charge is 0.466 e. The van der Waals surface area contributed by atoms with Crippen LogP contribution in [0, 0.1) is 0 Å². The molecule has 0 radical (unpaired) electrons. The third-order valence-electron chi connectivity index (χ3n) is 2.21. The second kappa shape index (κ2) is 2.82. The van der Waals surface area contributed by atoms with Crippen LogP contribution in [0.2, 0.25) is 0 Å². The van der Waals surface area contributed by atoms with E-state index in [1.807, 2.05) is 12.1 Å². The molecule has 1 aliphatic rings. The number of hydrogen-bond acceptors (Lipinski definition) is 3. The summed E-state index contributed by atoms with van der Waals surface area (Å²) in [5, 5.41) is 10.6. The molecule has 2 nitrogen and oxygen atoms in total. The Kier molecular flexibility index (Phi) is 1.93. The van der Waals surface area contributed by atoms with Crippen molar-refractivity contribution in [3.05, 3.63) is 24.2 Å². The van der Waals surface area contributed by atoms with E-state index in [2.05, 4.69) is 6.92 Å². The molecule has 0 aliphatic carbocycles. The van der Waals surface area contributed by atoms with E-state index in [9.17, 15) is 5.11 Å². The fourth-order valence-corrected chi connectivity index (χ4v) is 2.80. The van der Waals surface area contributed by atoms with Gasteiger partial charge < -0.3 is 9.52 Å². The van der Waals surface area contributed by atoms with E-state index in [1.54, 1.807) is 18.0 Å². The zero-order chi connectivity index (χ0) is 8.60. The summed E-state index contributed by atoms with van der Waals surface area (Å²) in [5.41, 5.74) is -0.715. The van der Waals surface area contributed by atoms with Gasteiger partial charge in [-0.15, -0.1) is 0 Å². The van der Waals surface area contributed by atoms with Crippen molar-refractivity contribution in [3.8, 4) is 0 Å². The average Bonchev–Trinajstić information content (AvgIpc) is 2.59. The van der Waals surface area contributed by atoms with E-state index >= 15 is 0 Å². The van der Waals surface area contributed by atoms with Gasteiger partial charge in [-0.3, -0.25) is 0 Å². The highest BCUT2D eigenvalue weighted by Crippen LogP contribution is 2.41. The second-order valence-electron chi connectivity index (χ2n) is 3.33. The first-order valence-electron chi connectivity index (χ1n) is 4.09. The van der Waals surface area contributed by atoms with Crippen LogP contribution in [0.25, 0.3) is 0 Å². The van der Waals surface area contributed by atoms with Gasteiger partial charge in [-0.1, -0.05) is 6.92 Å². The van der Waals surface area contributed by atoms with E-state index < -0.39 is 5.60 Å². The quantitative estimate of drug-likeness (QED) is 0.724. The third-order valence-corrected chi connectivity index (χ3v) is 3.59. The summed E-state index contributed by atoms with van der Waals surface area (Å²) < 4.78 is 5.21. The summed E-state index contributed by atoms with van der Waals surface area (Å²) in [7, 11) is 0. The zero-order valence-corrected chi connectivity index (χ0v) is 7.80. The van der Waals surface area contributed by atoms with Crippen LogP contribution in [0.5, 0.6) is 0 Å². The summed E-state index contributed by atoms with van der Waals surface area (Å²) in [5.74, 6) is 1.46. The molecular formula is C9H12O2S. The maximum absolute atomic E-state index is 10.1. The normalized spacial score (nSPS) is 35.7. The molecule has 1 aromatic heterocycles. The Morgan fingerprint density at radius 3 is 3.08 bits per heavy atom. The maximum atomic E-state index is 10.1. The summed E-state index contributed by atoms with van der Waals surface area (Å²) >= 11 is 1.79. The van der Waals surface area contributed by atoms with Gasteiger partial charge in [-0.25, -0.2) is 0 Å². The van der Waals surface area contributed by atoms with Crippen molar-refractivity contribution in [1.29, 1.82) is 0 Å². The van der Waals surface area contributed by atoms with E-state index in [0.29, 0.717) is 11.0 Å². The second-order valence-corrected chi connectivity index (χ2v) is 4.76. The minimum absolute atomic E-state index is 0.528. The fraction of sp³-hybridized carbons (Fsp3) is 0.556. The minimum atomic E-state index is -0.715. The third kappa shape index (κ3) is 1.27. The SMILES string of the molecule is CC1CC(O)(c2ccco2)CS1. The highest BCUT2D eigenvalue weighted by Gasteiger charge is 2.39. The molecule has 1 N–H and O–H groups in total. The van der Waals surface area contributed by atoms with E-state index in [1.165, 1.54) is 0 Å². The zero-order valence-electron chi connectivity index (χ0n) is 6.99.